The van der Waals surface area contributed by atoms with Gasteiger partial charge >= 0.3 is 6.03 Å². The molecule has 1 fully saturated rings. The van der Waals surface area contributed by atoms with Gasteiger partial charge in [-0.05, 0) is 25.5 Å². The van der Waals surface area contributed by atoms with Gasteiger partial charge in [0, 0.05) is 19.3 Å². The summed E-state index contributed by atoms with van der Waals surface area (Å²) in [5.74, 6) is 0. The fraction of sp³-hybridized carbons (Fsp3) is 0.438. The van der Waals surface area contributed by atoms with E-state index in [1.54, 1.807) is 6.20 Å². The highest BCUT2D eigenvalue weighted by Gasteiger charge is 2.15. The molecule has 1 aromatic carbocycles. The van der Waals surface area contributed by atoms with Crippen LogP contribution in [0.1, 0.15) is 20.3 Å². The normalized spacial score (nSPS) is 15.7. The molecular formula is C16H23N3O2. The topological polar surface area (TPSA) is 53.6 Å². The van der Waals surface area contributed by atoms with E-state index in [-0.39, 0.29) is 6.03 Å². The standard InChI is InChI=1S/C16H23N3O2/c1-3-13(2)12-17-16(20)18-14-6-4-5-7-15(14)19-8-10-21-11-9-19/h4-7,12H,3,8-11H2,1-2H3,(H2,17,18,20)/b13-12+. The smallest absolute Gasteiger partial charge is 0.323 e. The molecule has 0 unspecified atom stereocenters. The maximum Gasteiger partial charge on any atom is 0.323 e. The molecule has 5 nitrogen and oxygen atoms in total. The van der Waals surface area contributed by atoms with Crippen molar-refractivity contribution in [1.82, 2.24) is 5.32 Å². The molecule has 2 amide bonds. The third kappa shape index (κ3) is 4.49. The predicted octanol–water partition coefficient (Wildman–Crippen LogP) is 2.96. The second-order valence-corrected chi connectivity index (χ2v) is 5.06. The van der Waals surface area contributed by atoms with Crippen LogP contribution in [0, 0.1) is 0 Å². The summed E-state index contributed by atoms with van der Waals surface area (Å²) in [5, 5.41) is 5.67. The number of rotatable bonds is 4. The number of para-hydroxylation sites is 2. The van der Waals surface area contributed by atoms with Crippen LogP contribution in [0.4, 0.5) is 16.2 Å². The molecule has 21 heavy (non-hydrogen) atoms. The largest absolute Gasteiger partial charge is 0.378 e. The van der Waals surface area contributed by atoms with Crippen molar-refractivity contribution < 1.29 is 9.53 Å². The SMILES string of the molecule is CC/C(C)=C/NC(=O)Nc1ccccc1N1CCOCC1. The number of allylic oxidation sites excluding steroid dienone is 1. The number of ether oxygens (including phenoxy) is 1. The summed E-state index contributed by atoms with van der Waals surface area (Å²) in [7, 11) is 0. The van der Waals surface area contributed by atoms with E-state index in [0.717, 1.165) is 49.7 Å². The third-order valence-electron chi connectivity index (χ3n) is 3.51. The van der Waals surface area contributed by atoms with E-state index >= 15 is 0 Å². The number of anilines is 2. The molecule has 0 saturated carbocycles. The first-order valence-corrected chi connectivity index (χ1v) is 7.35. The van der Waals surface area contributed by atoms with Gasteiger partial charge in [0.25, 0.3) is 0 Å². The number of urea groups is 1. The average Bonchev–Trinajstić information content (AvgIpc) is 2.54. The molecule has 1 aromatic rings. The molecular weight excluding hydrogens is 266 g/mol. The number of nitrogens with zero attached hydrogens (tertiary/aromatic N) is 1. The lowest BCUT2D eigenvalue weighted by Crippen LogP contribution is -2.37. The summed E-state index contributed by atoms with van der Waals surface area (Å²) in [5.41, 5.74) is 2.98. The highest BCUT2D eigenvalue weighted by molar-refractivity contribution is 5.93. The number of hydrogen-bond acceptors (Lipinski definition) is 3. The number of morpholine rings is 1. The number of hydrogen-bond donors (Lipinski definition) is 2. The van der Waals surface area contributed by atoms with Gasteiger partial charge in [-0.2, -0.15) is 0 Å². The van der Waals surface area contributed by atoms with E-state index in [9.17, 15) is 4.79 Å². The quantitative estimate of drug-likeness (QED) is 0.896. The van der Waals surface area contributed by atoms with Crippen molar-refractivity contribution >= 4 is 17.4 Å². The summed E-state index contributed by atoms with van der Waals surface area (Å²) in [6.45, 7) is 7.17. The Balaban J connectivity index is 2.04. The van der Waals surface area contributed by atoms with Gasteiger partial charge < -0.3 is 20.3 Å². The zero-order valence-corrected chi connectivity index (χ0v) is 12.7. The van der Waals surface area contributed by atoms with Crippen LogP contribution in [0.25, 0.3) is 0 Å². The molecule has 1 saturated heterocycles. The summed E-state index contributed by atoms with van der Waals surface area (Å²) in [6.07, 6.45) is 2.66. The first-order valence-electron chi connectivity index (χ1n) is 7.35. The van der Waals surface area contributed by atoms with Gasteiger partial charge in [0.1, 0.15) is 0 Å². The Labute approximate surface area is 126 Å². The lowest BCUT2D eigenvalue weighted by Gasteiger charge is -2.30. The molecule has 0 bridgehead atoms. The van der Waals surface area contributed by atoms with Crippen molar-refractivity contribution in [1.29, 1.82) is 0 Å². The lowest BCUT2D eigenvalue weighted by atomic mass is 10.2. The number of nitrogens with one attached hydrogen (secondary N) is 2. The maximum absolute atomic E-state index is 12.0. The van der Waals surface area contributed by atoms with Gasteiger partial charge in [-0.25, -0.2) is 4.79 Å². The van der Waals surface area contributed by atoms with Gasteiger partial charge in [0.15, 0.2) is 0 Å². The van der Waals surface area contributed by atoms with Crippen LogP contribution in [-0.2, 0) is 4.74 Å². The van der Waals surface area contributed by atoms with Gasteiger partial charge in [-0.1, -0.05) is 24.6 Å². The Kier molecular flexibility index (Phi) is 5.63. The van der Waals surface area contributed by atoms with Crippen LogP contribution in [0.2, 0.25) is 0 Å². The first kappa shape index (κ1) is 15.4. The second kappa shape index (κ2) is 7.69. The van der Waals surface area contributed by atoms with E-state index in [1.807, 2.05) is 31.2 Å². The highest BCUT2D eigenvalue weighted by Crippen LogP contribution is 2.26. The van der Waals surface area contributed by atoms with Crippen LogP contribution in [0.5, 0.6) is 0 Å². The van der Waals surface area contributed by atoms with Crippen LogP contribution in [-0.4, -0.2) is 32.3 Å². The molecule has 1 aliphatic rings. The van der Waals surface area contributed by atoms with Gasteiger partial charge in [-0.3, -0.25) is 0 Å². The van der Waals surface area contributed by atoms with Crippen molar-refractivity contribution in [3.8, 4) is 0 Å². The number of amides is 2. The highest BCUT2D eigenvalue weighted by atomic mass is 16.5. The second-order valence-electron chi connectivity index (χ2n) is 5.06. The fourth-order valence-electron chi connectivity index (χ4n) is 2.11. The minimum absolute atomic E-state index is 0.219. The van der Waals surface area contributed by atoms with Crippen LogP contribution in [0.3, 0.4) is 0 Å². The lowest BCUT2D eigenvalue weighted by molar-refractivity contribution is 0.123. The summed E-state index contributed by atoms with van der Waals surface area (Å²) in [4.78, 5) is 14.2. The Morgan fingerprint density at radius 1 is 1.33 bits per heavy atom. The predicted molar refractivity (Wildman–Crippen MR) is 85.7 cm³/mol. The molecule has 0 spiro atoms. The van der Waals surface area contributed by atoms with E-state index in [4.69, 9.17) is 4.74 Å². The molecule has 0 aromatic heterocycles. The molecule has 1 aliphatic heterocycles. The third-order valence-corrected chi connectivity index (χ3v) is 3.51. The van der Waals surface area contributed by atoms with E-state index in [0.29, 0.717) is 0 Å². The Hall–Kier alpha value is -2.01. The molecule has 5 heteroatoms. The molecule has 2 rings (SSSR count). The minimum atomic E-state index is -0.219. The zero-order valence-electron chi connectivity index (χ0n) is 12.7. The molecule has 0 atom stereocenters. The van der Waals surface area contributed by atoms with Crippen molar-refractivity contribution in [3.05, 3.63) is 36.0 Å². The Morgan fingerprint density at radius 3 is 2.76 bits per heavy atom. The van der Waals surface area contributed by atoms with E-state index in [1.165, 1.54) is 0 Å². The monoisotopic (exact) mass is 289 g/mol. The fourth-order valence-corrected chi connectivity index (χ4v) is 2.11. The Bertz CT molecular complexity index is 508. The van der Waals surface area contributed by atoms with Gasteiger partial charge in [0.05, 0.1) is 24.6 Å². The van der Waals surface area contributed by atoms with Gasteiger partial charge in [0.2, 0.25) is 0 Å². The van der Waals surface area contributed by atoms with Gasteiger partial charge in [-0.15, -0.1) is 0 Å². The average molecular weight is 289 g/mol. The molecule has 1 heterocycles. The number of benzene rings is 1. The molecule has 2 N–H and O–H groups in total. The summed E-state index contributed by atoms with van der Waals surface area (Å²) < 4.78 is 5.37. The maximum atomic E-state index is 12.0. The van der Waals surface area contributed by atoms with Crippen LogP contribution >= 0.6 is 0 Å². The number of carbonyl (C=O) groups is 1. The summed E-state index contributed by atoms with van der Waals surface area (Å²) >= 11 is 0. The van der Waals surface area contributed by atoms with E-state index < -0.39 is 0 Å². The van der Waals surface area contributed by atoms with Crippen LogP contribution in [0.15, 0.2) is 36.0 Å². The van der Waals surface area contributed by atoms with E-state index in [2.05, 4.69) is 22.5 Å². The zero-order chi connectivity index (χ0) is 15.1. The van der Waals surface area contributed by atoms with Crippen molar-refractivity contribution in [2.45, 2.75) is 20.3 Å². The molecule has 0 aliphatic carbocycles. The van der Waals surface area contributed by atoms with Crippen molar-refractivity contribution in [2.75, 3.05) is 36.5 Å². The van der Waals surface area contributed by atoms with Crippen molar-refractivity contribution in [3.63, 3.8) is 0 Å². The molecule has 114 valence electrons. The molecule has 0 radical (unpaired) electrons. The minimum Gasteiger partial charge on any atom is -0.378 e. The van der Waals surface area contributed by atoms with Crippen LogP contribution < -0.4 is 15.5 Å². The Morgan fingerprint density at radius 2 is 2.05 bits per heavy atom. The summed E-state index contributed by atoms with van der Waals surface area (Å²) in [6, 6.07) is 7.62. The first-order chi connectivity index (χ1) is 10.2. The van der Waals surface area contributed by atoms with Crippen molar-refractivity contribution in [2.24, 2.45) is 0 Å². The number of carbonyl (C=O) groups excluding carboxylic acids is 1.